The van der Waals surface area contributed by atoms with E-state index in [1.165, 1.54) is 12.0 Å². The number of carbonyl (C=O) groups excluding carboxylic acids is 2. The Morgan fingerprint density at radius 1 is 0.970 bits per heavy atom. The van der Waals surface area contributed by atoms with E-state index < -0.39 is 11.3 Å². The summed E-state index contributed by atoms with van der Waals surface area (Å²) >= 11 is 0. The summed E-state index contributed by atoms with van der Waals surface area (Å²) in [4.78, 5) is 39.2. The zero-order chi connectivity index (χ0) is 22.8. The third-order valence-electron chi connectivity index (χ3n) is 6.98. The molecule has 33 heavy (non-hydrogen) atoms. The molecule has 2 amide bonds. The summed E-state index contributed by atoms with van der Waals surface area (Å²) in [5.41, 5.74) is 1.85. The number of amides is 2. The van der Waals surface area contributed by atoms with Crippen molar-refractivity contribution in [3.63, 3.8) is 0 Å². The quantitative estimate of drug-likeness (QED) is 0.708. The summed E-state index contributed by atoms with van der Waals surface area (Å²) in [6, 6.07) is 8.40. The molecule has 0 radical (unpaired) electrons. The molecule has 0 bridgehead atoms. The van der Waals surface area contributed by atoms with E-state index in [0.29, 0.717) is 6.61 Å². The standard InChI is InChI=1S/C26H31N3O4/c30-24-21(25(31)27-14-23-20-9-5-4-6-17(20)12-13-33-23)15-29(19-10-11-19)16-22(24)26(32)28-18-7-2-1-3-8-18/h4-6,9,15-16,18-19,23H,1-3,7-8,10-14H2,(H,27,31)(H,28,32). The zero-order valence-corrected chi connectivity index (χ0v) is 18.8. The molecule has 1 aliphatic heterocycles. The number of carbonyl (C=O) groups is 2. The Morgan fingerprint density at radius 3 is 2.45 bits per heavy atom. The van der Waals surface area contributed by atoms with Crippen molar-refractivity contribution in [2.24, 2.45) is 0 Å². The van der Waals surface area contributed by atoms with Crippen LogP contribution >= 0.6 is 0 Å². The third-order valence-corrected chi connectivity index (χ3v) is 6.98. The average Bonchev–Trinajstić information content (AvgIpc) is 3.69. The van der Waals surface area contributed by atoms with Gasteiger partial charge in [0.25, 0.3) is 11.8 Å². The molecule has 2 aromatic rings. The first kappa shape index (κ1) is 21.9. The van der Waals surface area contributed by atoms with Gasteiger partial charge in [0.2, 0.25) is 5.43 Å². The van der Waals surface area contributed by atoms with E-state index in [-0.39, 0.29) is 41.8 Å². The van der Waals surface area contributed by atoms with Gasteiger partial charge in [0.1, 0.15) is 17.2 Å². The molecule has 174 valence electrons. The van der Waals surface area contributed by atoms with Crippen molar-refractivity contribution in [3.05, 3.63) is 69.1 Å². The van der Waals surface area contributed by atoms with Crippen LogP contribution in [0.1, 0.15) is 88.9 Å². The Hall–Kier alpha value is -2.93. The maximum atomic E-state index is 13.2. The monoisotopic (exact) mass is 449 g/mol. The minimum absolute atomic E-state index is 0.0160. The summed E-state index contributed by atoms with van der Waals surface area (Å²) in [5, 5.41) is 5.89. The van der Waals surface area contributed by atoms with Gasteiger partial charge in [-0.1, -0.05) is 43.5 Å². The number of hydrogen-bond donors (Lipinski definition) is 2. The van der Waals surface area contributed by atoms with Crippen LogP contribution in [0.3, 0.4) is 0 Å². The molecule has 1 atom stereocenters. The molecule has 2 N–H and O–H groups in total. The fraction of sp³-hybridized carbons (Fsp3) is 0.500. The summed E-state index contributed by atoms with van der Waals surface area (Å²) in [6.45, 7) is 0.875. The molecule has 7 heteroatoms. The predicted molar refractivity (Wildman–Crippen MR) is 124 cm³/mol. The van der Waals surface area contributed by atoms with Gasteiger partial charge in [0, 0.05) is 31.0 Å². The molecule has 1 unspecified atom stereocenters. The van der Waals surface area contributed by atoms with Crippen LogP contribution in [0.2, 0.25) is 0 Å². The minimum atomic E-state index is -0.511. The fourth-order valence-electron chi connectivity index (χ4n) is 4.94. The van der Waals surface area contributed by atoms with Crippen LogP contribution in [0.15, 0.2) is 41.5 Å². The lowest BCUT2D eigenvalue weighted by Gasteiger charge is -2.26. The highest BCUT2D eigenvalue weighted by atomic mass is 16.5. The van der Waals surface area contributed by atoms with Crippen molar-refractivity contribution in [2.45, 2.75) is 69.6 Å². The van der Waals surface area contributed by atoms with Crippen LogP contribution in [0.5, 0.6) is 0 Å². The van der Waals surface area contributed by atoms with Gasteiger partial charge in [0.05, 0.1) is 6.61 Å². The SMILES string of the molecule is O=C(NCC1OCCc2ccccc21)c1cn(C2CC2)cc(C(=O)NC2CCCCC2)c1=O. The van der Waals surface area contributed by atoms with Gasteiger partial charge < -0.3 is 19.9 Å². The number of nitrogens with zero attached hydrogens (tertiary/aromatic N) is 1. The van der Waals surface area contributed by atoms with Gasteiger partial charge in [-0.05, 0) is 43.2 Å². The van der Waals surface area contributed by atoms with Crippen molar-refractivity contribution in [2.75, 3.05) is 13.2 Å². The average molecular weight is 450 g/mol. The van der Waals surface area contributed by atoms with Crippen molar-refractivity contribution in [1.82, 2.24) is 15.2 Å². The fourth-order valence-corrected chi connectivity index (χ4v) is 4.94. The molecule has 1 aromatic heterocycles. The van der Waals surface area contributed by atoms with Gasteiger partial charge in [-0.25, -0.2) is 0 Å². The Kier molecular flexibility index (Phi) is 6.31. The molecule has 2 heterocycles. The predicted octanol–water partition coefficient (Wildman–Crippen LogP) is 3.29. The number of pyridine rings is 1. The molecule has 7 nitrogen and oxygen atoms in total. The lowest BCUT2D eigenvalue weighted by Crippen LogP contribution is -2.41. The molecule has 0 spiro atoms. The number of nitrogens with one attached hydrogen (secondary N) is 2. The van der Waals surface area contributed by atoms with Gasteiger partial charge in [0.15, 0.2) is 0 Å². The normalized spacial score (nSPS) is 20.7. The number of ether oxygens (including phenoxy) is 1. The van der Waals surface area contributed by atoms with Crippen LogP contribution in [-0.2, 0) is 11.2 Å². The Bertz CT molecular complexity index is 1100. The van der Waals surface area contributed by atoms with Gasteiger partial charge >= 0.3 is 0 Å². The van der Waals surface area contributed by atoms with E-state index in [2.05, 4.69) is 16.7 Å². The molecular weight excluding hydrogens is 418 g/mol. The van der Waals surface area contributed by atoms with Crippen LogP contribution in [-0.4, -0.2) is 35.6 Å². The van der Waals surface area contributed by atoms with Crippen LogP contribution in [0.4, 0.5) is 0 Å². The van der Waals surface area contributed by atoms with E-state index in [0.717, 1.165) is 50.5 Å². The number of aromatic nitrogens is 1. The molecule has 0 saturated heterocycles. The highest BCUT2D eigenvalue weighted by molar-refractivity contribution is 5.99. The Morgan fingerprint density at radius 2 is 1.70 bits per heavy atom. The zero-order valence-electron chi connectivity index (χ0n) is 18.8. The molecule has 2 aliphatic carbocycles. The van der Waals surface area contributed by atoms with E-state index in [9.17, 15) is 14.4 Å². The number of hydrogen-bond acceptors (Lipinski definition) is 4. The second-order valence-corrected chi connectivity index (χ2v) is 9.42. The molecule has 5 rings (SSSR count). The largest absolute Gasteiger partial charge is 0.371 e. The van der Waals surface area contributed by atoms with Gasteiger partial charge in [-0.2, -0.15) is 0 Å². The summed E-state index contributed by atoms with van der Waals surface area (Å²) < 4.78 is 7.74. The minimum Gasteiger partial charge on any atom is -0.371 e. The molecular formula is C26H31N3O4. The first-order valence-corrected chi connectivity index (χ1v) is 12.1. The molecule has 3 aliphatic rings. The van der Waals surface area contributed by atoms with E-state index in [1.54, 1.807) is 12.4 Å². The Labute approximate surface area is 193 Å². The third kappa shape index (κ3) is 4.88. The lowest BCUT2D eigenvalue weighted by atomic mass is 9.95. The maximum Gasteiger partial charge on any atom is 0.256 e. The van der Waals surface area contributed by atoms with Crippen molar-refractivity contribution >= 4 is 11.8 Å². The van der Waals surface area contributed by atoms with Crippen LogP contribution < -0.4 is 16.1 Å². The second kappa shape index (κ2) is 9.51. The maximum absolute atomic E-state index is 13.2. The summed E-state index contributed by atoms with van der Waals surface area (Å²) in [6.07, 6.45) is 11.0. The number of rotatable bonds is 6. The molecule has 1 aromatic carbocycles. The summed E-state index contributed by atoms with van der Waals surface area (Å²) in [5.74, 6) is -0.839. The van der Waals surface area contributed by atoms with Crippen molar-refractivity contribution in [3.8, 4) is 0 Å². The first-order valence-electron chi connectivity index (χ1n) is 12.1. The lowest BCUT2D eigenvalue weighted by molar-refractivity contribution is 0.0411. The second-order valence-electron chi connectivity index (χ2n) is 9.42. The van der Waals surface area contributed by atoms with Gasteiger partial charge in [-0.3, -0.25) is 14.4 Å². The summed E-state index contributed by atoms with van der Waals surface area (Å²) in [7, 11) is 0. The number of fused-ring (bicyclic) bond motifs is 1. The van der Waals surface area contributed by atoms with Crippen LogP contribution in [0, 0.1) is 0 Å². The highest BCUT2D eigenvalue weighted by Crippen LogP contribution is 2.34. The topological polar surface area (TPSA) is 89.4 Å². The molecule has 2 saturated carbocycles. The van der Waals surface area contributed by atoms with E-state index in [4.69, 9.17) is 4.74 Å². The molecule has 2 fully saturated rings. The first-order chi connectivity index (χ1) is 16.1. The van der Waals surface area contributed by atoms with Gasteiger partial charge in [-0.15, -0.1) is 0 Å². The van der Waals surface area contributed by atoms with Crippen molar-refractivity contribution in [1.29, 1.82) is 0 Å². The van der Waals surface area contributed by atoms with Crippen molar-refractivity contribution < 1.29 is 14.3 Å². The van der Waals surface area contributed by atoms with E-state index >= 15 is 0 Å². The van der Waals surface area contributed by atoms with E-state index in [1.807, 2.05) is 22.8 Å². The van der Waals surface area contributed by atoms with Crippen LogP contribution in [0.25, 0.3) is 0 Å². The smallest absolute Gasteiger partial charge is 0.256 e. The highest BCUT2D eigenvalue weighted by Gasteiger charge is 2.28. The Balaban J connectivity index is 1.34. The number of benzene rings is 1.